The van der Waals surface area contributed by atoms with Gasteiger partial charge in [-0.05, 0) is 18.6 Å². The summed E-state index contributed by atoms with van der Waals surface area (Å²) >= 11 is 2.83. The number of anilines is 1. The lowest BCUT2D eigenvalue weighted by Crippen LogP contribution is -2.50. The molecule has 9 nitrogen and oxygen atoms in total. The molecule has 1 N–H and O–H groups in total. The third-order valence-electron chi connectivity index (χ3n) is 4.70. The largest absolute Gasteiger partial charge is 0.484 e. The summed E-state index contributed by atoms with van der Waals surface area (Å²) in [4.78, 5) is 28.2. The van der Waals surface area contributed by atoms with Crippen LogP contribution >= 0.6 is 23.1 Å². The standard InChI is InChI=1S/C20H27N5O4S2/c1-15-5-3-4-6-16(15)29-13-18(27)24-8-10-25(11-9-24)19-22-23-20(31-19)30-14-17(26)21-7-12-28-2/h3-6H,7-14H2,1-2H3,(H,21,26). The summed E-state index contributed by atoms with van der Waals surface area (Å²) in [5.74, 6) is 0.956. The van der Waals surface area contributed by atoms with Crippen molar-refractivity contribution in [2.75, 3.05) is 63.7 Å². The Balaban J connectivity index is 1.40. The summed E-state index contributed by atoms with van der Waals surface area (Å²) in [5.41, 5.74) is 1.01. The van der Waals surface area contributed by atoms with Crippen molar-refractivity contribution in [2.24, 2.45) is 0 Å². The molecule has 0 aliphatic carbocycles. The van der Waals surface area contributed by atoms with Crippen LogP contribution in [0.5, 0.6) is 5.75 Å². The molecule has 168 valence electrons. The quantitative estimate of drug-likeness (QED) is 0.416. The molecule has 2 amide bonds. The van der Waals surface area contributed by atoms with E-state index in [2.05, 4.69) is 20.4 Å². The highest BCUT2D eigenvalue weighted by atomic mass is 32.2. The number of piperazine rings is 1. The van der Waals surface area contributed by atoms with Gasteiger partial charge in [0.1, 0.15) is 5.75 Å². The fourth-order valence-electron chi connectivity index (χ4n) is 2.96. The monoisotopic (exact) mass is 465 g/mol. The Morgan fingerprint density at radius 3 is 2.71 bits per heavy atom. The van der Waals surface area contributed by atoms with Gasteiger partial charge < -0.3 is 24.6 Å². The Kier molecular flexibility index (Phi) is 8.92. The van der Waals surface area contributed by atoms with Gasteiger partial charge in [0.15, 0.2) is 10.9 Å². The Morgan fingerprint density at radius 2 is 1.97 bits per heavy atom. The SMILES string of the molecule is COCCNC(=O)CSc1nnc(N2CCN(C(=O)COc3ccccc3C)CC2)s1. The molecule has 0 saturated carbocycles. The van der Waals surface area contributed by atoms with Gasteiger partial charge in [-0.1, -0.05) is 41.3 Å². The molecule has 0 bridgehead atoms. The van der Waals surface area contributed by atoms with Crippen molar-refractivity contribution in [3.63, 3.8) is 0 Å². The predicted molar refractivity (Wildman–Crippen MR) is 121 cm³/mol. The Labute approximate surface area is 190 Å². The zero-order valence-corrected chi connectivity index (χ0v) is 19.3. The van der Waals surface area contributed by atoms with Gasteiger partial charge in [-0.15, -0.1) is 10.2 Å². The van der Waals surface area contributed by atoms with Crippen LogP contribution in [0.4, 0.5) is 5.13 Å². The number of methoxy groups -OCH3 is 1. The van der Waals surface area contributed by atoms with Crippen molar-refractivity contribution in [1.29, 1.82) is 0 Å². The number of nitrogens with zero attached hydrogens (tertiary/aromatic N) is 4. The Bertz CT molecular complexity index is 871. The zero-order valence-electron chi connectivity index (χ0n) is 17.7. The van der Waals surface area contributed by atoms with Crippen molar-refractivity contribution in [2.45, 2.75) is 11.3 Å². The van der Waals surface area contributed by atoms with Crippen LogP contribution in [0, 0.1) is 6.92 Å². The summed E-state index contributed by atoms with van der Waals surface area (Å²) in [5, 5.41) is 12.0. The lowest BCUT2D eigenvalue weighted by Gasteiger charge is -2.34. The molecule has 0 radical (unpaired) electrons. The van der Waals surface area contributed by atoms with Crippen LogP contribution in [0.25, 0.3) is 0 Å². The number of hydrogen-bond acceptors (Lipinski definition) is 9. The van der Waals surface area contributed by atoms with Gasteiger partial charge in [0.05, 0.1) is 12.4 Å². The van der Waals surface area contributed by atoms with E-state index >= 15 is 0 Å². The molecule has 1 saturated heterocycles. The second-order valence-corrected chi connectivity index (χ2v) is 9.08. The minimum atomic E-state index is -0.0566. The zero-order chi connectivity index (χ0) is 22.1. The molecule has 11 heteroatoms. The Hall–Kier alpha value is -2.37. The van der Waals surface area contributed by atoms with E-state index in [-0.39, 0.29) is 18.4 Å². The minimum absolute atomic E-state index is 0.0177. The van der Waals surface area contributed by atoms with Crippen LogP contribution < -0.4 is 15.0 Å². The molecule has 0 atom stereocenters. The maximum absolute atomic E-state index is 12.5. The van der Waals surface area contributed by atoms with Crippen molar-refractivity contribution >= 4 is 40.0 Å². The van der Waals surface area contributed by atoms with Crippen molar-refractivity contribution in [3.05, 3.63) is 29.8 Å². The average molecular weight is 466 g/mol. The second kappa shape index (κ2) is 11.9. The third-order valence-corrected chi connectivity index (χ3v) is 6.82. The van der Waals surface area contributed by atoms with Crippen LogP contribution in [0.3, 0.4) is 0 Å². The molecule has 0 unspecified atom stereocenters. The van der Waals surface area contributed by atoms with Crippen LogP contribution in [0.1, 0.15) is 5.56 Å². The Morgan fingerprint density at radius 1 is 1.19 bits per heavy atom. The molecule has 1 aliphatic heterocycles. The van der Waals surface area contributed by atoms with E-state index in [1.165, 1.54) is 23.1 Å². The number of carbonyl (C=O) groups is 2. The van der Waals surface area contributed by atoms with E-state index in [1.807, 2.05) is 36.1 Å². The van der Waals surface area contributed by atoms with Crippen LogP contribution in [0.15, 0.2) is 28.6 Å². The number of rotatable bonds is 10. The third kappa shape index (κ3) is 7.08. The first kappa shape index (κ1) is 23.3. The summed E-state index contributed by atoms with van der Waals surface area (Å²) < 4.78 is 11.3. The second-order valence-electron chi connectivity index (χ2n) is 6.90. The van der Waals surface area contributed by atoms with Gasteiger partial charge in [-0.25, -0.2) is 0 Å². The topological polar surface area (TPSA) is 96.9 Å². The lowest BCUT2D eigenvalue weighted by molar-refractivity contribution is -0.133. The molecule has 1 aromatic heterocycles. The van der Waals surface area contributed by atoms with E-state index in [9.17, 15) is 9.59 Å². The number of carbonyl (C=O) groups excluding carboxylic acids is 2. The smallest absolute Gasteiger partial charge is 0.260 e. The maximum Gasteiger partial charge on any atom is 0.260 e. The first-order valence-electron chi connectivity index (χ1n) is 10.00. The number of thioether (sulfide) groups is 1. The molecule has 0 spiro atoms. The highest BCUT2D eigenvalue weighted by molar-refractivity contribution is 8.01. The minimum Gasteiger partial charge on any atom is -0.484 e. The first-order chi connectivity index (χ1) is 15.1. The van der Waals surface area contributed by atoms with Gasteiger partial charge in [0, 0.05) is 39.8 Å². The number of aryl methyl sites for hydroxylation is 1. The fourth-order valence-corrected chi connectivity index (χ4v) is 4.68. The molecule has 1 fully saturated rings. The average Bonchev–Trinajstić information content (AvgIpc) is 3.26. The van der Waals surface area contributed by atoms with Gasteiger partial charge in [-0.2, -0.15) is 0 Å². The summed E-state index contributed by atoms with van der Waals surface area (Å²) in [6.45, 7) is 5.58. The van der Waals surface area contributed by atoms with Gasteiger partial charge in [0.2, 0.25) is 11.0 Å². The number of aromatic nitrogens is 2. The van der Waals surface area contributed by atoms with Gasteiger partial charge in [-0.3, -0.25) is 9.59 Å². The molecule has 31 heavy (non-hydrogen) atoms. The summed E-state index contributed by atoms with van der Waals surface area (Å²) in [6, 6.07) is 7.67. The van der Waals surface area contributed by atoms with Gasteiger partial charge in [0.25, 0.3) is 5.91 Å². The molecule has 2 aromatic rings. The fraction of sp³-hybridized carbons (Fsp3) is 0.500. The molecular weight excluding hydrogens is 438 g/mol. The number of benzene rings is 1. The summed E-state index contributed by atoms with van der Waals surface area (Å²) in [7, 11) is 1.60. The molecule has 2 heterocycles. The normalized spacial score (nSPS) is 13.9. The van der Waals surface area contributed by atoms with E-state index in [1.54, 1.807) is 7.11 Å². The lowest BCUT2D eigenvalue weighted by atomic mass is 10.2. The maximum atomic E-state index is 12.5. The van der Waals surface area contributed by atoms with E-state index in [0.717, 1.165) is 20.8 Å². The van der Waals surface area contributed by atoms with Crippen molar-refractivity contribution in [1.82, 2.24) is 20.4 Å². The molecule has 1 aliphatic rings. The van der Waals surface area contributed by atoms with Crippen LogP contribution in [0.2, 0.25) is 0 Å². The summed E-state index contributed by atoms with van der Waals surface area (Å²) in [6.07, 6.45) is 0. The van der Waals surface area contributed by atoms with E-state index < -0.39 is 0 Å². The first-order valence-corrected chi connectivity index (χ1v) is 11.8. The van der Waals surface area contributed by atoms with Crippen molar-refractivity contribution in [3.8, 4) is 5.75 Å². The highest BCUT2D eigenvalue weighted by Gasteiger charge is 2.24. The number of ether oxygens (including phenoxy) is 2. The number of para-hydroxylation sites is 1. The highest BCUT2D eigenvalue weighted by Crippen LogP contribution is 2.28. The van der Waals surface area contributed by atoms with E-state index in [0.29, 0.717) is 45.1 Å². The molecule has 3 rings (SSSR count). The predicted octanol–water partition coefficient (Wildman–Crippen LogP) is 1.43. The molecular formula is C20H27N5O4S2. The van der Waals surface area contributed by atoms with E-state index in [4.69, 9.17) is 9.47 Å². The molecule has 1 aromatic carbocycles. The van der Waals surface area contributed by atoms with Crippen LogP contribution in [-0.4, -0.2) is 85.7 Å². The van der Waals surface area contributed by atoms with Crippen LogP contribution in [-0.2, 0) is 14.3 Å². The van der Waals surface area contributed by atoms with Crippen molar-refractivity contribution < 1.29 is 19.1 Å². The number of hydrogen-bond donors (Lipinski definition) is 1. The number of nitrogens with one attached hydrogen (secondary N) is 1. The number of amides is 2. The van der Waals surface area contributed by atoms with Gasteiger partial charge >= 0.3 is 0 Å².